The second-order valence-electron chi connectivity index (χ2n) is 5.67. The highest BCUT2D eigenvalue weighted by molar-refractivity contribution is 7.99. The zero-order valence-corrected chi connectivity index (χ0v) is 16.6. The van der Waals surface area contributed by atoms with Crippen molar-refractivity contribution in [1.82, 2.24) is 14.8 Å². The van der Waals surface area contributed by atoms with Crippen molar-refractivity contribution in [2.45, 2.75) is 45.3 Å². The molecule has 7 nitrogen and oxygen atoms in total. The van der Waals surface area contributed by atoms with Crippen molar-refractivity contribution < 1.29 is 14.3 Å². The number of nitrogens with one attached hydrogen (secondary N) is 1. The Bertz CT molecular complexity index is 768. The van der Waals surface area contributed by atoms with Crippen LogP contribution in [0.25, 0.3) is 0 Å². The lowest BCUT2D eigenvalue weighted by atomic mass is 10.2. The molecule has 0 aliphatic carbocycles. The highest BCUT2D eigenvalue weighted by atomic mass is 32.2. The number of ether oxygens (including phenoxy) is 1. The van der Waals surface area contributed by atoms with Crippen molar-refractivity contribution in [3.05, 3.63) is 22.3 Å². The maximum absolute atomic E-state index is 12.3. The molecule has 2 rings (SSSR count). The quantitative estimate of drug-likeness (QED) is 0.584. The molecule has 0 fully saturated rings. The number of aromatic nitrogens is 3. The van der Waals surface area contributed by atoms with Crippen molar-refractivity contribution in [1.29, 1.82) is 0 Å². The molecule has 0 saturated carbocycles. The highest BCUT2D eigenvalue weighted by Gasteiger charge is 2.19. The fourth-order valence-electron chi connectivity index (χ4n) is 2.29. The molecule has 0 aromatic carbocycles. The molecule has 0 aliphatic rings. The van der Waals surface area contributed by atoms with E-state index in [-0.39, 0.29) is 17.6 Å². The molecular formula is C16H22N4O3S2. The Morgan fingerprint density at radius 1 is 1.40 bits per heavy atom. The molecule has 25 heavy (non-hydrogen) atoms. The minimum absolute atomic E-state index is 0.188. The summed E-state index contributed by atoms with van der Waals surface area (Å²) >= 11 is 2.68. The van der Waals surface area contributed by atoms with Crippen molar-refractivity contribution in [2.75, 3.05) is 18.2 Å². The van der Waals surface area contributed by atoms with E-state index in [1.807, 2.05) is 18.4 Å². The average Bonchev–Trinajstić information content (AvgIpc) is 3.15. The van der Waals surface area contributed by atoms with Gasteiger partial charge in [0.25, 0.3) is 0 Å². The summed E-state index contributed by atoms with van der Waals surface area (Å²) in [4.78, 5) is 25.0. The first-order valence-electron chi connectivity index (χ1n) is 7.91. The van der Waals surface area contributed by atoms with Crippen LogP contribution < -0.4 is 5.32 Å². The van der Waals surface area contributed by atoms with Crippen LogP contribution in [0.15, 0.2) is 11.2 Å². The van der Waals surface area contributed by atoms with E-state index >= 15 is 0 Å². The number of esters is 1. The van der Waals surface area contributed by atoms with E-state index in [9.17, 15) is 9.59 Å². The van der Waals surface area contributed by atoms with Crippen molar-refractivity contribution in [3.63, 3.8) is 0 Å². The topological polar surface area (TPSA) is 86.1 Å². The first-order chi connectivity index (χ1) is 11.9. The number of nitrogens with zero attached hydrogens (tertiary/aromatic N) is 3. The summed E-state index contributed by atoms with van der Waals surface area (Å²) in [6.45, 7) is 8.77. The van der Waals surface area contributed by atoms with Gasteiger partial charge in [0.15, 0.2) is 5.16 Å². The van der Waals surface area contributed by atoms with E-state index in [1.165, 1.54) is 30.2 Å². The van der Waals surface area contributed by atoms with Crippen molar-refractivity contribution >= 4 is 40.0 Å². The molecule has 2 aromatic rings. The summed E-state index contributed by atoms with van der Waals surface area (Å²) in [5.74, 6) is 0.710. The molecule has 0 spiro atoms. The molecule has 0 saturated heterocycles. The number of carbonyl (C=O) groups is 2. The average molecular weight is 383 g/mol. The van der Waals surface area contributed by atoms with Crippen LogP contribution in [0.5, 0.6) is 0 Å². The van der Waals surface area contributed by atoms with Gasteiger partial charge in [-0.1, -0.05) is 25.6 Å². The van der Waals surface area contributed by atoms with Crippen molar-refractivity contribution in [3.8, 4) is 0 Å². The molecule has 1 N–H and O–H groups in total. The first kappa shape index (κ1) is 19.5. The van der Waals surface area contributed by atoms with Crippen molar-refractivity contribution in [2.24, 2.45) is 0 Å². The molecule has 0 unspecified atom stereocenters. The number of anilines is 1. The van der Waals surface area contributed by atoms with Crippen LogP contribution in [0.4, 0.5) is 5.00 Å². The highest BCUT2D eigenvalue weighted by Crippen LogP contribution is 2.29. The summed E-state index contributed by atoms with van der Waals surface area (Å²) in [5, 5.41) is 12.4. The number of hydrogen-bond donors (Lipinski definition) is 1. The molecule has 2 aromatic heterocycles. The van der Waals surface area contributed by atoms with Crippen LogP contribution in [-0.2, 0) is 16.1 Å². The van der Waals surface area contributed by atoms with Gasteiger partial charge in [0.05, 0.1) is 18.4 Å². The number of thiophene rings is 1. The van der Waals surface area contributed by atoms with Gasteiger partial charge in [-0.3, -0.25) is 4.79 Å². The lowest BCUT2D eigenvalue weighted by Crippen LogP contribution is -2.16. The Morgan fingerprint density at radius 3 is 2.72 bits per heavy atom. The molecule has 0 atom stereocenters. The maximum Gasteiger partial charge on any atom is 0.340 e. The van der Waals surface area contributed by atoms with Crippen LogP contribution in [-0.4, -0.2) is 39.5 Å². The third-order valence-electron chi connectivity index (χ3n) is 3.42. The Morgan fingerprint density at radius 2 is 2.12 bits per heavy atom. The number of carbonyl (C=O) groups excluding carboxylic acids is 2. The number of rotatable bonds is 7. The van der Waals surface area contributed by atoms with Crippen LogP contribution >= 0.6 is 23.1 Å². The first-order valence-corrected chi connectivity index (χ1v) is 9.72. The molecule has 136 valence electrons. The normalized spacial score (nSPS) is 11.0. The maximum atomic E-state index is 12.3. The van der Waals surface area contributed by atoms with Gasteiger partial charge in [-0.25, -0.2) is 4.79 Å². The van der Waals surface area contributed by atoms with Gasteiger partial charge in [-0.15, -0.1) is 21.5 Å². The van der Waals surface area contributed by atoms with Gasteiger partial charge >= 0.3 is 5.97 Å². The summed E-state index contributed by atoms with van der Waals surface area (Å²) in [7, 11) is 1.32. The standard InChI is InChI=1S/C16H22N4O3S2/c1-6-20-13(9(2)3)18-19-16(20)24-8-12(21)17-14-11(15(22)23-5)7-10(4)25-14/h7,9H,6,8H2,1-5H3,(H,17,21). The molecule has 0 bridgehead atoms. The van der Waals surface area contributed by atoms with Crippen LogP contribution in [0, 0.1) is 6.92 Å². The number of thioether (sulfide) groups is 1. The Labute approximate surface area is 155 Å². The fraction of sp³-hybridized carbons (Fsp3) is 0.500. The van der Waals surface area contributed by atoms with Crippen LogP contribution in [0.3, 0.4) is 0 Å². The second-order valence-corrected chi connectivity index (χ2v) is 7.87. The van der Waals surface area contributed by atoms with Crippen LogP contribution in [0.1, 0.15) is 47.7 Å². The Hall–Kier alpha value is -1.87. The van der Waals surface area contributed by atoms with Crippen LogP contribution in [0.2, 0.25) is 0 Å². The number of hydrogen-bond acceptors (Lipinski definition) is 7. The van der Waals surface area contributed by atoms with E-state index in [0.717, 1.165) is 22.4 Å². The summed E-state index contributed by atoms with van der Waals surface area (Å²) in [5.41, 5.74) is 0.377. The number of amides is 1. The smallest absolute Gasteiger partial charge is 0.340 e. The van der Waals surface area contributed by atoms with Gasteiger partial charge in [0.2, 0.25) is 5.91 Å². The number of methoxy groups -OCH3 is 1. The lowest BCUT2D eigenvalue weighted by Gasteiger charge is -2.09. The fourth-order valence-corrected chi connectivity index (χ4v) is 4.02. The Kier molecular flexibility index (Phi) is 6.60. The zero-order valence-electron chi connectivity index (χ0n) is 15.0. The third kappa shape index (κ3) is 4.60. The predicted octanol–water partition coefficient (Wildman–Crippen LogP) is 3.31. The zero-order chi connectivity index (χ0) is 18.6. The summed E-state index contributed by atoms with van der Waals surface area (Å²) < 4.78 is 6.76. The molecular weight excluding hydrogens is 360 g/mol. The van der Waals surface area contributed by atoms with E-state index < -0.39 is 5.97 Å². The lowest BCUT2D eigenvalue weighted by molar-refractivity contribution is -0.113. The van der Waals surface area contributed by atoms with E-state index in [0.29, 0.717) is 10.6 Å². The third-order valence-corrected chi connectivity index (χ3v) is 5.36. The van der Waals surface area contributed by atoms with E-state index in [1.54, 1.807) is 6.07 Å². The van der Waals surface area contributed by atoms with E-state index in [2.05, 4.69) is 29.4 Å². The molecule has 9 heteroatoms. The van der Waals surface area contributed by atoms with Gasteiger partial charge < -0.3 is 14.6 Å². The number of aryl methyl sites for hydroxylation is 1. The van der Waals surface area contributed by atoms with E-state index in [4.69, 9.17) is 4.74 Å². The summed E-state index contributed by atoms with van der Waals surface area (Å²) in [6.07, 6.45) is 0. The van der Waals surface area contributed by atoms with Gasteiger partial charge in [-0.2, -0.15) is 0 Å². The summed E-state index contributed by atoms with van der Waals surface area (Å²) in [6, 6.07) is 1.71. The molecule has 1 amide bonds. The van der Waals surface area contributed by atoms with Gasteiger partial charge in [0.1, 0.15) is 10.8 Å². The Balaban J connectivity index is 2.04. The molecule has 2 heterocycles. The minimum Gasteiger partial charge on any atom is -0.465 e. The second kappa shape index (κ2) is 8.48. The monoisotopic (exact) mass is 382 g/mol. The van der Waals surface area contributed by atoms with Gasteiger partial charge in [-0.05, 0) is 19.9 Å². The largest absolute Gasteiger partial charge is 0.465 e. The van der Waals surface area contributed by atoms with Gasteiger partial charge in [0, 0.05) is 17.3 Å². The minimum atomic E-state index is -0.459. The molecule has 0 aliphatic heterocycles. The molecule has 0 radical (unpaired) electrons. The SMILES string of the molecule is CCn1c(SCC(=O)Nc2sc(C)cc2C(=O)OC)nnc1C(C)C. The predicted molar refractivity (Wildman–Crippen MR) is 99.5 cm³/mol.